The number of ether oxygens (including phenoxy) is 1. The Bertz CT molecular complexity index is 444. The highest BCUT2D eigenvalue weighted by atomic mass is 16.5. The molecule has 1 aromatic heterocycles. The van der Waals surface area contributed by atoms with Crippen molar-refractivity contribution < 1.29 is 9.53 Å². The summed E-state index contributed by atoms with van der Waals surface area (Å²) in [6, 6.07) is 2.06. The third-order valence-corrected chi connectivity index (χ3v) is 3.71. The van der Waals surface area contributed by atoms with Crippen LogP contribution in [0.4, 0.5) is 0 Å². The van der Waals surface area contributed by atoms with Gasteiger partial charge >= 0.3 is 0 Å². The Morgan fingerprint density at radius 2 is 2.25 bits per heavy atom. The monoisotopic (exact) mass is 277 g/mol. The van der Waals surface area contributed by atoms with Crippen LogP contribution in [0, 0.1) is 0 Å². The van der Waals surface area contributed by atoms with Gasteiger partial charge in [0.2, 0.25) is 0 Å². The number of carbonyl (C=O) groups is 1. The molecular formula is C15H23N3O2. The van der Waals surface area contributed by atoms with E-state index in [-0.39, 0.29) is 5.91 Å². The van der Waals surface area contributed by atoms with Gasteiger partial charge in [0, 0.05) is 18.8 Å². The molecule has 0 unspecified atom stereocenters. The molecule has 0 bridgehead atoms. The highest BCUT2D eigenvalue weighted by Gasteiger charge is 2.27. The summed E-state index contributed by atoms with van der Waals surface area (Å²) >= 11 is 0. The van der Waals surface area contributed by atoms with Crippen LogP contribution < -0.4 is 10.1 Å². The lowest BCUT2D eigenvalue weighted by Crippen LogP contribution is -2.46. The Labute approximate surface area is 120 Å². The smallest absolute Gasteiger partial charge is 0.257 e. The van der Waals surface area contributed by atoms with Crippen molar-refractivity contribution >= 4 is 5.91 Å². The van der Waals surface area contributed by atoms with Crippen LogP contribution in [0.1, 0.15) is 36.5 Å². The summed E-state index contributed by atoms with van der Waals surface area (Å²) in [5, 5.41) is 3.34. The van der Waals surface area contributed by atoms with Crippen LogP contribution in [0.15, 0.2) is 18.5 Å². The van der Waals surface area contributed by atoms with E-state index in [0.29, 0.717) is 17.4 Å². The fourth-order valence-electron chi connectivity index (χ4n) is 2.68. The minimum atomic E-state index is 0.0537. The maximum Gasteiger partial charge on any atom is 0.257 e. The molecule has 1 fully saturated rings. The molecule has 0 radical (unpaired) electrons. The van der Waals surface area contributed by atoms with Crippen molar-refractivity contribution in [2.45, 2.75) is 32.2 Å². The topological polar surface area (TPSA) is 54.5 Å². The number of hydrogen-bond donors (Lipinski definition) is 1. The first kappa shape index (κ1) is 14.8. The van der Waals surface area contributed by atoms with Crippen LogP contribution in [0.5, 0.6) is 5.75 Å². The van der Waals surface area contributed by atoms with Crippen molar-refractivity contribution in [2.24, 2.45) is 0 Å². The zero-order valence-electron chi connectivity index (χ0n) is 12.3. The molecule has 1 aromatic rings. The second-order valence-corrected chi connectivity index (χ2v) is 5.06. The van der Waals surface area contributed by atoms with E-state index in [4.69, 9.17) is 4.74 Å². The minimum Gasteiger partial charge on any atom is -0.494 e. The fourth-order valence-corrected chi connectivity index (χ4v) is 2.68. The van der Waals surface area contributed by atoms with Crippen molar-refractivity contribution in [3.8, 4) is 5.75 Å². The number of rotatable bonds is 5. The molecule has 0 atom stereocenters. The fraction of sp³-hybridized carbons (Fsp3) is 0.600. The Balaban J connectivity index is 2.21. The second kappa shape index (κ2) is 7.24. The van der Waals surface area contributed by atoms with Crippen molar-refractivity contribution in [3.63, 3.8) is 0 Å². The van der Waals surface area contributed by atoms with Gasteiger partial charge in [-0.25, -0.2) is 0 Å². The zero-order valence-corrected chi connectivity index (χ0v) is 12.3. The molecule has 5 heteroatoms. The van der Waals surface area contributed by atoms with Crippen molar-refractivity contribution in [3.05, 3.63) is 24.0 Å². The average molecular weight is 277 g/mol. The molecule has 1 saturated heterocycles. The Morgan fingerprint density at radius 3 is 2.90 bits per heavy atom. The van der Waals surface area contributed by atoms with Gasteiger partial charge in [0.05, 0.1) is 18.9 Å². The summed E-state index contributed by atoms with van der Waals surface area (Å²) in [5.41, 5.74) is 0.606. The van der Waals surface area contributed by atoms with Crippen molar-refractivity contribution in [1.82, 2.24) is 15.2 Å². The quantitative estimate of drug-likeness (QED) is 0.890. The normalized spacial score (nSPS) is 15.9. The lowest BCUT2D eigenvalue weighted by Gasteiger charge is -2.34. The Kier molecular flexibility index (Phi) is 5.35. The largest absolute Gasteiger partial charge is 0.494 e. The number of hydrogen-bond acceptors (Lipinski definition) is 4. The van der Waals surface area contributed by atoms with E-state index in [2.05, 4.69) is 17.2 Å². The maximum absolute atomic E-state index is 12.8. The Morgan fingerprint density at radius 1 is 1.50 bits per heavy atom. The van der Waals surface area contributed by atoms with Gasteiger partial charge in [0.1, 0.15) is 5.75 Å². The van der Waals surface area contributed by atoms with Crippen LogP contribution in [0.2, 0.25) is 0 Å². The predicted octanol–water partition coefficient (Wildman–Crippen LogP) is 1.69. The minimum absolute atomic E-state index is 0.0537. The van der Waals surface area contributed by atoms with Crippen LogP contribution >= 0.6 is 0 Å². The van der Waals surface area contributed by atoms with Gasteiger partial charge in [-0.2, -0.15) is 0 Å². The van der Waals surface area contributed by atoms with Gasteiger partial charge in [-0.1, -0.05) is 6.92 Å². The average Bonchev–Trinajstić information content (AvgIpc) is 2.52. The number of piperidine rings is 1. The van der Waals surface area contributed by atoms with Gasteiger partial charge in [0.15, 0.2) is 0 Å². The van der Waals surface area contributed by atoms with Crippen LogP contribution in [-0.2, 0) is 0 Å². The Hall–Kier alpha value is -1.62. The third kappa shape index (κ3) is 3.28. The van der Waals surface area contributed by atoms with Crippen LogP contribution in [0.25, 0.3) is 0 Å². The number of methoxy groups -OCH3 is 1. The second-order valence-electron chi connectivity index (χ2n) is 5.06. The summed E-state index contributed by atoms with van der Waals surface area (Å²) in [6.07, 6.45) is 6.23. The number of nitrogens with zero attached hydrogens (tertiary/aromatic N) is 2. The lowest BCUT2D eigenvalue weighted by molar-refractivity contribution is 0.0639. The summed E-state index contributed by atoms with van der Waals surface area (Å²) in [4.78, 5) is 18.8. The molecule has 1 amide bonds. The highest BCUT2D eigenvalue weighted by Crippen LogP contribution is 2.22. The van der Waals surface area contributed by atoms with Gasteiger partial charge in [-0.3, -0.25) is 9.78 Å². The van der Waals surface area contributed by atoms with E-state index in [1.165, 1.54) is 0 Å². The summed E-state index contributed by atoms with van der Waals surface area (Å²) in [5.74, 6) is 0.602. The van der Waals surface area contributed by atoms with E-state index in [0.717, 1.165) is 38.9 Å². The van der Waals surface area contributed by atoms with Gasteiger partial charge in [-0.05, 0) is 38.4 Å². The van der Waals surface area contributed by atoms with Gasteiger partial charge < -0.3 is 15.0 Å². The maximum atomic E-state index is 12.8. The zero-order chi connectivity index (χ0) is 14.4. The van der Waals surface area contributed by atoms with E-state index in [9.17, 15) is 4.79 Å². The summed E-state index contributed by atoms with van der Waals surface area (Å²) in [6.45, 7) is 4.84. The number of nitrogens with one attached hydrogen (secondary N) is 1. The van der Waals surface area contributed by atoms with Crippen molar-refractivity contribution in [1.29, 1.82) is 0 Å². The van der Waals surface area contributed by atoms with Crippen molar-refractivity contribution in [2.75, 3.05) is 26.7 Å². The first-order chi connectivity index (χ1) is 9.77. The molecule has 1 aliphatic heterocycles. The molecule has 20 heavy (non-hydrogen) atoms. The molecule has 2 heterocycles. The van der Waals surface area contributed by atoms with E-state index in [1.54, 1.807) is 25.6 Å². The molecule has 1 N–H and O–H groups in total. The summed E-state index contributed by atoms with van der Waals surface area (Å²) in [7, 11) is 1.57. The molecular weight excluding hydrogens is 254 g/mol. The van der Waals surface area contributed by atoms with E-state index in [1.807, 2.05) is 4.90 Å². The number of carbonyl (C=O) groups excluding carboxylic acids is 1. The standard InChI is InChI=1S/C15H23N3O2/c1-3-10-18(12-4-7-16-8-5-12)15(19)13-6-9-17-11-14(13)20-2/h6,9,11-12,16H,3-5,7-8,10H2,1-2H3. The SMILES string of the molecule is CCCN(C(=O)c1ccncc1OC)C1CCNCC1. The predicted molar refractivity (Wildman–Crippen MR) is 78.0 cm³/mol. The molecule has 5 nitrogen and oxygen atoms in total. The van der Waals surface area contributed by atoms with Gasteiger partial charge in [0.25, 0.3) is 5.91 Å². The lowest BCUT2D eigenvalue weighted by atomic mass is 10.0. The van der Waals surface area contributed by atoms with Gasteiger partial charge in [-0.15, -0.1) is 0 Å². The molecule has 110 valence electrons. The number of amides is 1. The molecule has 0 saturated carbocycles. The first-order valence-corrected chi connectivity index (χ1v) is 7.27. The highest BCUT2D eigenvalue weighted by molar-refractivity contribution is 5.97. The molecule has 0 aromatic carbocycles. The first-order valence-electron chi connectivity index (χ1n) is 7.27. The molecule has 1 aliphatic rings. The molecule has 0 aliphatic carbocycles. The summed E-state index contributed by atoms with van der Waals surface area (Å²) < 4.78 is 5.26. The van der Waals surface area contributed by atoms with E-state index < -0.39 is 0 Å². The third-order valence-electron chi connectivity index (χ3n) is 3.71. The van der Waals surface area contributed by atoms with E-state index >= 15 is 0 Å². The number of pyridine rings is 1. The molecule has 2 rings (SSSR count). The molecule has 0 spiro atoms. The number of aromatic nitrogens is 1. The van der Waals surface area contributed by atoms with Crippen LogP contribution in [-0.4, -0.2) is 48.6 Å². The van der Waals surface area contributed by atoms with Crippen LogP contribution in [0.3, 0.4) is 0 Å².